The lowest BCUT2D eigenvalue weighted by Crippen LogP contribution is -2.25. The zero-order valence-electron chi connectivity index (χ0n) is 10.0. The number of pyridine rings is 1. The molecule has 0 unspecified atom stereocenters. The Morgan fingerprint density at radius 2 is 2.17 bits per heavy atom. The molecule has 1 aliphatic rings. The van der Waals surface area contributed by atoms with E-state index in [2.05, 4.69) is 0 Å². The van der Waals surface area contributed by atoms with Crippen molar-refractivity contribution in [2.24, 2.45) is 0 Å². The van der Waals surface area contributed by atoms with Gasteiger partial charge in [-0.05, 0) is 18.2 Å². The van der Waals surface area contributed by atoms with Crippen LogP contribution in [0.15, 0.2) is 36.7 Å². The molecule has 2 aromatic rings. The molecule has 0 aliphatic carbocycles. The van der Waals surface area contributed by atoms with Crippen LogP contribution in [-0.4, -0.2) is 29.7 Å². The van der Waals surface area contributed by atoms with Crippen molar-refractivity contribution < 1.29 is 14.3 Å². The maximum Gasteiger partial charge on any atom is 0.339 e. The summed E-state index contributed by atoms with van der Waals surface area (Å²) >= 11 is 0. The van der Waals surface area contributed by atoms with Crippen LogP contribution in [0.3, 0.4) is 0 Å². The molecule has 18 heavy (non-hydrogen) atoms. The second-order valence-corrected chi connectivity index (χ2v) is 4.48. The second-order valence-electron chi connectivity index (χ2n) is 4.48. The first kappa shape index (κ1) is 11.3. The number of fused-ring (bicyclic) bond motifs is 1. The normalized spacial score (nSPS) is 16.9. The number of carbonyl (C=O) groups is 1. The molecule has 4 heteroatoms. The van der Waals surface area contributed by atoms with Crippen molar-refractivity contribution in [3.05, 3.63) is 42.2 Å². The van der Waals surface area contributed by atoms with Gasteiger partial charge in [0.25, 0.3) is 0 Å². The van der Waals surface area contributed by atoms with Gasteiger partial charge >= 0.3 is 5.97 Å². The van der Waals surface area contributed by atoms with E-state index < -0.39 is 0 Å². The molecule has 0 saturated carbocycles. The van der Waals surface area contributed by atoms with Crippen LogP contribution in [0.4, 0.5) is 0 Å². The molecule has 3 rings (SSSR count). The first-order valence-corrected chi connectivity index (χ1v) is 6.18. The second kappa shape index (κ2) is 4.82. The van der Waals surface area contributed by atoms with Crippen molar-refractivity contribution in [1.82, 2.24) is 4.40 Å². The average Bonchev–Trinajstić information content (AvgIpc) is 2.84. The smallest absolute Gasteiger partial charge is 0.339 e. The molecule has 0 N–H and O–H groups in total. The molecule has 0 atom stereocenters. The maximum absolute atomic E-state index is 12.0. The molecular formula is C14H15NO3. The van der Waals surface area contributed by atoms with Crippen LogP contribution in [-0.2, 0) is 9.47 Å². The molecule has 3 heterocycles. The molecule has 1 aliphatic heterocycles. The van der Waals surface area contributed by atoms with Crippen molar-refractivity contribution in [2.75, 3.05) is 13.2 Å². The van der Waals surface area contributed by atoms with E-state index in [0.29, 0.717) is 18.8 Å². The van der Waals surface area contributed by atoms with Crippen molar-refractivity contribution >= 4 is 11.5 Å². The standard InChI is InChI=1S/C14H15NO3/c16-14(18-13-4-7-17-8-5-13)11-9-12-3-1-2-6-15(12)10-11/h1-3,6,9-10,13H,4-5,7-8H2. The van der Waals surface area contributed by atoms with Gasteiger partial charge in [0.05, 0.1) is 18.8 Å². The lowest BCUT2D eigenvalue weighted by atomic mass is 10.1. The van der Waals surface area contributed by atoms with Gasteiger partial charge in [-0.2, -0.15) is 0 Å². The fourth-order valence-corrected chi connectivity index (χ4v) is 2.18. The molecule has 0 amide bonds. The molecule has 94 valence electrons. The minimum atomic E-state index is -0.245. The third-order valence-electron chi connectivity index (χ3n) is 3.18. The Balaban J connectivity index is 1.74. The molecule has 2 aromatic heterocycles. The molecule has 1 saturated heterocycles. The molecule has 1 fully saturated rings. The van der Waals surface area contributed by atoms with E-state index in [1.54, 1.807) is 6.20 Å². The summed E-state index contributed by atoms with van der Waals surface area (Å²) in [5, 5.41) is 0. The molecule has 0 radical (unpaired) electrons. The van der Waals surface area contributed by atoms with E-state index in [4.69, 9.17) is 9.47 Å². The average molecular weight is 245 g/mol. The fraction of sp³-hybridized carbons (Fsp3) is 0.357. The molecular weight excluding hydrogens is 230 g/mol. The highest BCUT2D eigenvalue weighted by Gasteiger charge is 2.19. The summed E-state index contributed by atoms with van der Waals surface area (Å²) < 4.78 is 12.6. The van der Waals surface area contributed by atoms with Gasteiger partial charge in [0.1, 0.15) is 6.10 Å². The number of rotatable bonds is 2. The molecule has 0 spiro atoms. The Kier molecular flexibility index (Phi) is 3.02. The number of hydrogen-bond acceptors (Lipinski definition) is 3. The zero-order valence-corrected chi connectivity index (χ0v) is 10.0. The topological polar surface area (TPSA) is 39.9 Å². The predicted octanol–water partition coefficient (Wildman–Crippen LogP) is 2.28. The first-order chi connectivity index (χ1) is 8.83. The summed E-state index contributed by atoms with van der Waals surface area (Å²) in [7, 11) is 0. The Bertz CT molecular complexity index is 522. The first-order valence-electron chi connectivity index (χ1n) is 6.18. The number of aromatic nitrogens is 1. The Morgan fingerprint density at radius 3 is 2.94 bits per heavy atom. The summed E-state index contributed by atoms with van der Waals surface area (Å²) in [6.45, 7) is 1.35. The Labute approximate surface area is 105 Å². The number of hydrogen-bond donors (Lipinski definition) is 0. The summed E-state index contributed by atoms with van der Waals surface area (Å²) in [6.07, 6.45) is 5.30. The van der Waals surface area contributed by atoms with E-state index in [1.807, 2.05) is 34.9 Å². The maximum atomic E-state index is 12.0. The summed E-state index contributed by atoms with van der Waals surface area (Å²) in [5.41, 5.74) is 1.60. The van der Waals surface area contributed by atoms with Crippen molar-refractivity contribution in [3.63, 3.8) is 0 Å². The van der Waals surface area contributed by atoms with Crippen LogP contribution in [0, 0.1) is 0 Å². The van der Waals surface area contributed by atoms with Crippen LogP contribution >= 0.6 is 0 Å². The van der Waals surface area contributed by atoms with E-state index in [0.717, 1.165) is 18.4 Å². The van der Waals surface area contributed by atoms with Crippen LogP contribution in [0.2, 0.25) is 0 Å². The minimum absolute atomic E-state index is 0.00531. The van der Waals surface area contributed by atoms with E-state index >= 15 is 0 Å². The summed E-state index contributed by atoms with van der Waals surface area (Å²) in [5.74, 6) is -0.245. The molecule has 4 nitrogen and oxygen atoms in total. The highest BCUT2D eigenvalue weighted by molar-refractivity contribution is 5.91. The van der Waals surface area contributed by atoms with Crippen LogP contribution in [0.25, 0.3) is 5.52 Å². The molecule has 0 aromatic carbocycles. The van der Waals surface area contributed by atoms with Gasteiger partial charge in [-0.1, -0.05) is 6.07 Å². The summed E-state index contributed by atoms with van der Waals surface area (Å²) in [4.78, 5) is 12.0. The van der Waals surface area contributed by atoms with Gasteiger partial charge in [0.15, 0.2) is 0 Å². The Morgan fingerprint density at radius 1 is 1.33 bits per heavy atom. The van der Waals surface area contributed by atoms with Crippen molar-refractivity contribution in [1.29, 1.82) is 0 Å². The highest BCUT2D eigenvalue weighted by atomic mass is 16.6. The van der Waals surface area contributed by atoms with Crippen LogP contribution in [0.1, 0.15) is 23.2 Å². The van der Waals surface area contributed by atoms with Crippen LogP contribution < -0.4 is 0 Å². The van der Waals surface area contributed by atoms with Crippen LogP contribution in [0.5, 0.6) is 0 Å². The number of esters is 1. The predicted molar refractivity (Wildman–Crippen MR) is 66.7 cm³/mol. The SMILES string of the molecule is O=C(OC1CCOCC1)c1cc2ccccn2c1. The third kappa shape index (κ3) is 2.24. The lowest BCUT2D eigenvalue weighted by molar-refractivity contribution is -0.0159. The highest BCUT2D eigenvalue weighted by Crippen LogP contribution is 2.15. The number of nitrogens with zero attached hydrogens (tertiary/aromatic N) is 1. The summed E-state index contributed by atoms with van der Waals surface area (Å²) in [6, 6.07) is 7.69. The van der Waals surface area contributed by atoms with Crippen molar-refractivity contribution in [3.8, 4) is 0 Å². The lowest BCUT2D eigenvalue weighted by Gasteiger charge is -2.21. The van der Waals surface area contributed by atoms with E-state index in [-0.39, 0.29) is 12.1 Å². The van der Waals surface area contributed by atoms with Gasteiger partial charge in [-0.15, -0.1) is 0 Å². The zero-order chi connectivity index (χ0) is 12.4. The quantitative estimate of drug-likeness (QED) is 0.762. The van der Waals surface area contributed by atoms with Gasteiger partial charge in [0, 0.05) is 30.8 Å². The van der Waals surface area contributed by atoms with E-state index in [9.17, 15) is 4.79 Å². The number of ether oxygens (including phenoxy) is 2. The minimum Gasteiger partial charge on any atom is -0.459 e. The fourth-order valence-electron chi connectivity index (χ4n) is 2.18. The van der Waals surface area contributed by atoms with Gasteiger partial charge < -0.3 is 13.9 Å². The van der Waals surface area contributed by atoms with E-state index in [1.165, 1.54) is 0 Å². The van der Waals surface area contributed by atoms with Gasteiger partial charge in [-0.25, -0.2) is 4.79 Å². The third-order valence-corrected chi connectivity index (χ3v) is 3.18. The van der Waals surface area contributed by atoms with Gasteiger partial charge in [-0.3, -0.25) is 0 Å². The Hall–Kier alpha value is -1.81. The largest absolute Gasteiger partial charge is 0.459 e. The molecule has 0 bridgehead atoms. The van der Waals surface area contributed by atoms with Gasteiger partial charge in [0.2, 0.25) is 0 Å². The van der Waals surface area contributed by atoms with Crippen molar-refractivity contribution in [2.45, 2.75) is 18.9 Å². The number of carbonyl (C=O) groups excluding carboxylic acids is 1. The monoisotopic (exact) mass is 245 g/mol.